The average molecular weight is 305 g/mol. The van der Waals surface area contributed by atoms with Gasteiger partial charge < -0.3 is 15.0 Å². The normalized spacial score (nSPS) is 20.2. The van der Waals surface area contributed by atoms with Crippen molar-refractivity contribution in [2.45, 2.75) is 69.9 Å². The smallest absolute Gasteiger partial charge is 0.305 e. The number of carboxylic acids is 1. The highest BCUT2D eigenvalue weighted by Gasteiger charge is 2.37. The van der Waals surface area contributed by atoms with Gasteiger partial charge in [-0.2, -0.15) is 0 Å². The van der Waals surface area contributed by atoms with Crippen molar-refractivity contribution < 1.29 is 14.7 Å². The van der Waals surface area contributed by atoms with Crippen LogP contribution in [0.5, 0.6) is 0 Å². The Morgan fingerprint density at radius 3 is 2.73 bits per heavy atom. The second-order valence-corrected chi connectivity index (χ2v) is 6.55. The number of amides is 1. The molecule has 3 rings (SSSR count). The molecule has 1 aliphatic heterocycles. The largest absolute Gasteiger partial charge is 0.481 e. The minimum absolute atomic E-state index is 0.00763. The van der Waals surface area contributed by atoms with E-state index in [1.54, 1.807) is 6.20 Å². The van der Waals surface area contributed by atoms with E-state index in [9.17, 15) is 14.7 Å². The first kappa shape index (κ1) is 15.1. The minimum Gasteiger partial charge on any atom is -0.481 e. The number of carbonyl (C=O) groups excluding carboxylic acids is 1. The monoisotopic (exact) mass is 305 g/mol. The van der Waals surface area contributed by atoms with Crippen LogP contribution in [0.2, 0.25) is 0 Å². The molecule has 1 saturated carbocycles. The molecule has 0 bridgehead atoms. The molecule has 0 radical (unpaired) electrons. The first-order chi connectivity index (χ1) is 10.6. The second-order valence-electron chi connectivity index (χ2n) is 6.55. The lowest BCUT2D eigenvalue weighted by Gasteiger charge is -2.37. The van der Waals surface area contributed by atoms with Gasteiger partial charge in [0.05, 0.1) is 12.0 Å². The van der Waals surface area contributed by atoms with Crippen molar-refractivity contribution in [1.82, 2.24) is 14.9 Å². The molecule has 22 heavy (non-hydrogen) atoms. The quantitative estimate of drug-likeness (QED) is 0.892. The Kier molecular flexibility index (Phi) is 4.18. The van der Waals surface area contributed by atoms with Gasteiger partial charge in [0, 0.05) is 18.4 Å². The maximum atomic E-state index is 12.6. The Morgan fingerprint density at radius 1 is 1.23 bits per heavy atom. The van der Waals surface area contributed by atoms with Gasteiger partial charge in [-0.3, -0.25) is 9.59 Å². The number of aliphatic carboxylic acids is 1. The lowest BCUT2D eigenvalue weighted by Crippen LogP contribution is -2.51. The number of hydrogen-bond donors (Lipinski definition) is 2. The van der Waals surface area contributed by atoms with Crippen molar-refractivity contribution in [3.8, 4) is 0 Å². The molecule has 120 valence electrons. The minimum atomic E-state index is -0.854. The Bertz CT molecular complexity index is 573. The molecule has 2 heterocycles. The first-order valence-electron chi connectivity index (χ1n) is 8.18. The molecule has 1 amide bonds. The number of aromatic nitrogens is 2. The summed E-state index contributed by atoms with van der Waals surface area (Å²) in [5.74, 6) is -0.645. The van der Waals surface area contributed by atoms with E-state index in [-0.39, 0.29) is 12.3 Å². The van der Waals surface area contributed by atoms with Gasteiger partial charge in [0.15, 0.2) is 5.82 Å². The number of rotatable bonds is 4. The Hall–Kier alpha value is -1.85. The zero-order valence-electron chi connectivity index (χ0n) is 12.8. The lowest BCUT2D eigenvalue weighted by molar-refractivity contribution is -0.139. The van der Waals surface area contributed by atoms with E-state index >= 15 is 0 Å². The molecule has 1 fully saturated rings. The summed E-state index contributed by atoms with van der Waals surface area (Å²) in [5, 5.41) is 12.2. The fourth-order valence-corrected chi connectivity index (χ4v) is 3.78. The molecule has 1 aromatic rings. The molecule has 1 aromatic heterocycles. The van der Waals surface area contributed by atoms with Crippen LogP contribution >= 0.6 is 0 Å². The van der Waals surface area contributed by atoms with Crippen LogP contribution in [0.25, 0.3) is 0 Å². The highest BCUT2D eigenvalue weighted by molar-refractivity contribution is 5.92. The SMILES string of the molecule is O=C(O)CC1(NC(=O)c2ncc3n2CCCC3)CCCCC1. The van der Waals surface area contributed by atoms with Crippen LogP contribution < -0.4 is 5.32 Å². The van der Waals surface area contributed by atoms with Gasteiger partial charge >= 0.3 is 5.97 Å². The Labute approximate surface area is 129 Å². The van der Waals surface area contributed by atoms with E-state index in [2.05, 4.69) is 10.3 Å². The Balaban J connectivity index is 1.79. The van der Waals surface area contributed by atoms with E-state index in [1.807, 2.05) is 4.57 Å². The molecule has 6 heteroatoms. The predicted molar refractivity (Wildman–Crippen MR) is 80.7 cm³/mol. The third-order valence-corrected chi connectivity index (χ3v) is 4.88. The zero-order valence-corrected chi connectivity index (χ0v) is 12.8. The topological polar surface area (TPSA) is 84.2 Å². The number of hydrogen-bond acceptors (Lipinski definition) is 3. The van der Waals surface area contributed by atoms with Gasteiger partial charge in [0.25, 0.3) is 5.91 Å². The molecular weight excluding hydrogens is 282 g/mol. The number of carboxylic acid groups (broad SMARTS) is 1. The summed E-state index contributed by atoms with van der Waals surface area (Å²) in [4.78, 5) is 28.1. The van der Waals surface area contributed by atoms with E-state index < -0.39 is 11.5 Å². The Morgan fingerprint density at radius 2 is 2.00 bits per heavy atom. The van der Waals surface area contributed by atoms with Gasteiger partial charge in [-0.1, -0.05) is 19.3 Å². The molecule has 0 atom stereocenters. The van der Waals surface area contributed by atoms with Crippen LogP contribution in [0.1, 0.15) is 67.7 Å². The van der Waals surface area contributed by atoms with Crippen molar-refractivity contribution in [2.24, 2.45) is 0 Å². The third-order valence-electron chi connectivity index (χ3n) is 4.88. The summed E-state index contributed by atoms with van der Waals surface area (Å²) in [5.41, 5.74) is 0.495. The molecule has 0 saturated heterocycles. The highest BCUT2D eigenvalue weighted by Crippen LogP contribution is 2.31. The highest BCUT2D eigenvalue weighted by atomic mass is 16.4. The number of aryl methyl sites for hydroxylation is 1. The lowest BCUT2D eigenvalue weighted by atomic mass is 9.79. The summed E-state index contributed by atoms with van der Waals surface area (Å²) >= 11 is 0. The van der Waals surface area contributed by atoms with Crippen molar-refractivity contribution in [3.05, 3.63) is 17.7 Å². The molecule has 2 aliphatic rings. The molecule has 6 nitrogen and oxygen atoms in total. The van der Waals surface area contributed by atoms with Gasteiger partial charge in [-0.15, -0.1) is 0 Å². The van der Waals surface area contributed by atoms with Gasteiger partial charge in [0.1, 0.15) is 0 Å². The second kappa shape index (κ2) is 6.10. The summed E-state index contributed by atoms with van der Waals surface area (Å²) < 4.78 is 1.98. The standard InChI is InChI=1S/C16H23N3O3/c20-13(21)10-16(7-3-1-4-8-16)18-15(22)14-17-11-12-6-2-5-9-19(12)14/h11H,1-10H2,(H,18,22)(H,20,21). The van der Waals surface area contributed by atoms with Crippen LogP contribution in [0, 0.1) is 0 Å². The van der Waals surface area contributed by atoms with Crippen LogP contribution in [0.4, 0.5) is 0 Å². The van der Waals surface area contributed by atoms with Gasteiger partial charge in [0.2, 0.25) is 0 Å². The maximum Gasteiger partial charge on any atom is 0.305 e. The van der Waals surface area contributed by atoms with Crippen LogP contribution in [0.15, 0.2) is 6.20 Å². The van der Waals surface area contributed by atoms with Crippen LogP contribution in [-0.4, -0.2) is 32.1 Å². The van der Waals surface area contributed by atoms with Crippen molar-refractivity contribution >= 4 is 11.9 Å². The van der Waals surface area contributed by atoms with Crippen molar-refractivity contribution in [3.63, 3.8) is 0 Å². The molecule has 0 unspecified atom stereocenters. The van der Waals surface area contributed by atoms with E-state index in [1.165, 1.54) is 0 Å². The van der Waals surface area contributed by atoms with E-state index in [4.69, 9.17) is 0 Å². The third kappa shape index (κ3) is 3.00. The molecule has 0 aromatic carbocycles. The number of imidazole rings is 1. The van der Waals surface area contributed by atoms with E-state index in [0.29, 0.717) is 5.82 Å². The van der Waals surface area contributed by atoms with Gasteiger partial charge in [-0.05, 0) is 32.1 Å². The molecule has 1 aliphatic carbocycles. The van der Waals surface area contributed by atoms with Crippen LogP contribution in [0.3, 0.4) is 0 Å². The predicted octanol–water partition coefficient (Wildman–Crippen LogP) is 2.13. The first-order valence-corrected chi connectivity index (χ1v) is 8.18. The molecule has 0 spiro atoms. The number of nitrogens with zero attached hydrogens (tertiary/aromatic N) is 2. The number of carbonyl (C=O) groups is 2. The number of fused-ring (bicyclic) bond motifs is 1. The van der Waals surface area contributed by atoms with Crippen molar-refractivity contribution in [1.29, 1.82) is 0 Å². The fraction of sp³-hybridized carbons (Fsp3) is 0.688. The average Bonchev–Trinajstić information content (AvgIpc) is 2.91. The summed E-state index contributed by atoms with van der Waals surface area (Å²) in [6, 6.07) is 0. The fourth-order valence-electron chi connectivity index (χ4n) is 3.78. The van der Waals surface area contributed by atoms with Crippen LogP contribution in [-0.2, 0) is 17.8 Å². The number of nitrogens with one attached hydrogen (secondary N) is 1. The van der Waals surface area contributed by atoms with Gasteiger partial charge in [-0.25, -0.2) is 4.98 Å². The zero-order chi connectivity index (χ0) is 15.6. The van der Waals surface area contributed by atoms with E-state index in [0.717, 1.165) is 63.6 Å². The molecular formula is C16H23N3O3. The summed E-state index contributed by atoms with van der Waals surface area (Å²) in [6.45, 7) is 0.823. The summed E-state index contributed by atoms with van der Waals surface area (Å²) in [7, 11) is 0. The van der Waals surface area contributed by atoms with Crippen molar-refractivity contribution in [2.75, 3.05) is 0 Å². The molecule has 2 N–H and O–H groups in total. The maximum absolute atomic E-state index is 12.6. The summed E-state index contributed by atoms with van der Waals surface area (Å²) in [6.07, 6.45) is 9.43.